The molecule has 0 aromatic heterocycles. The Bertz CT molecular complexity index is 481. The molecule has 1 aliphatic rings. The fourth-order valence-electron chi connectivity index (χ4n) is 2.44. The minimum Gasteiger partial charge on any atom is -0.479 e. The first-order valence-electron chi connectivity index (χ1n) is 6.82. The molecule has 1 fully saturated rings. The molecule has 1 aromatic carbocycles. The van der Waals surface area contributed by atoms with Crippen molar-refractivity contribution >= 4 is 11.9 Å². The summed E-state index contributed by atoms with van der Waals surface area (Å²) < 4.78 is 0. The molecule has 5 heteroatoms. The molecular formula is C15H20N2O3. The smallest absolute Gasteiger partial charge is 0.330 e. The minimum atomic E-state index is -1.04. The van der Waals surface area contributed by atoms with Gasteiger partial charge in [-0.15, -0.1) is 0 Å². The number of carboxylic acids is 1. The largest absolute Gasteiger partial charge is 0.479 e. The van der Waals surface area contributed by atoms with E-state index in [4.69, 9.17) is 0 Å². The summed E-state index contributed by atoms with van der Waals surface area (Å²) in [4.78, 5) is 23.8. The molecule has 1 unspecified atom stereocenters. The summed E-state index contributed by atoms with van der Waals surface area (Å²) in [6, 6.07) is 7.79. The van der Waals surface area contributed by atoms with Crippen LogP contribution in [0.1, 0.15) is 31.4 Å². The van der Waals surface area contributed by atoms with Crippen LogP contribution in [-0.4, -0.2) is 30.1 Å². The Kier molecular flexibility index (Phi) is 4.39. The second kappa shape index (κ2) is 6.05. The number of carbonyl (C=O) groups excluding carboxylic acids is 1. The monoisotopic (exact) mass is 276 g/mol. The highest BCUT2D eigenvalue weighted by Crippen LogP contribution is 2.29. The number of hydrogen-bond donors (Lipinski definition) is 3. The summed E-state index contributed by atoms with van der Waals surface area (Å²) >= 11 is 0. The molecule has 0 aliphatic carbocycles. The number of amides is 1. The summed E-state index contributed by atoms with van der Waals surface area (Å²) in [6.07, 6.45) is 1.44. The quantitative estimate of drug-likeness (QED) is 0.775. The predicted octanol–water partition coefficient (Wildman–Crippen LogP) is 1.32. The Balaban J connectivity index is 2.12. The SMILES string of the molecule is CC1(C(=O)NC(C(=O)O)c2ccccc2)CCNCC1. The van der Waals surface area contributed by atoms with E-state index >= 15 is 0 Å². The highest BCUT2D eigenvalue weighted by atomic mass is 16.4. The van der Waals surface area contributed by atoms with Gasteiger partial charge in [0, 0.05) is 5.41 Å². The standard InChI is InChI=1S/C15H20N2O3/c1-15(7-9-16-10-8-15)14(20)17-12(13(18)19)11-5-3-2-4-6-11/h2-6,12,16H,7-10H2,1H3,(H,17,20)(H,18,19). The third-order valence-corrected chi connectivity index (χ3v) is 3.91. The van der Waals surface area contributed by atoms with Gasteiger partial charge < -0.3 is 15.7 Å². The van der Waals surface area contributed by atoms with E-state index in [1.807, 2.05) is 13.0 Å². The molecule has 20 heavy (non-hydrogen) atoms. The van der Waals surface area contributed by atoms with Crippen LogP contribution in [-0.2, 0) is 9.59 Å². The zero-order valence-corrected chi connectivity index (χ0v) is 11.6. The maximum atomic E-state index is 12.4. The van der Waals surface area contributed by atoms with Crippen LogP contribution < -0.4 is 10.6 Å². The van der Waals surface area contributed by atoms with E-state index in [0.29, 0.717) is 5.56 Å². The van der Waals surface area contributed by atoms with E-state index in [1.165, 1.54) is 0 Å². The number of rotatable bonds is 4. The third kappa shape index (κ3) is 3.17. The van der Waals surface area contributed by atoms with E-state index in [-0.39, 0.29) is 5.91 Å². The van der Waals surface area contributed by atoms with Crippen LogP contribution in [0, 0.1) is 5.41 Å². The fourth-order valence-corrected chi connectivity index (χ4v) is 2.44. The van der Waals surface area contributed by atoms with Crippen LogP contribution in [0.4, 0.5) is 0 Å². The predicted molar refractivity (Wildman–Crippen MR) is 75.2 cm³/mol. The van der Waals surface area contributed by atoms with Crippen LogP contribution in [0.3, 0.4) is 0 Å². The van der Waals surface area contributed by atoms with Gasteiger partial charge in [-0.25, -0.2) is 4.79 Å². The van der Waals surface area contributed by atoms with Gasteiger partial charge in [-0.2, -0.15) is 0 Å². The van der Waals surface area contributed by atoms with E-state index in [1.54, 1.807) is 24.3 Å². The van der Waals surface area contributed by atoms with Crippen molar-refractivity contribution in [2.75, 3.05) is 13.1 Å². The number of benzene rings is 1. The van der Waals surface area contributed by atoms with Gasteiger partial charge in [0.05, 0.1) is 0 Å². The molecule has 1 atom stereocenters. The molecule has 0 radical (unpaired) electrons. The van der Waals surface area contributed by atoms with Crippen LogP contribution in [0.2, 0.25) is 0 Å². The third-order valence-electron chi connectivity index (χ3n) is 3.91. The first-order chi connectivity index (χ1) is 9.53. The lowest BCUT2D eigenvalue weighted by Gasteiger charge is -2.33. The van der Waals surface area contributed by atoms with Crippen molar-refractivity contribution < 1.29 is 14.7 Å². The molecule has 5 nitrogen and oxygen atoms in total. The molecule has 1 aromatic rings. The number of aliphatic carboxylic acids is 1. The van der Waals surface area contributed by atoms with Crippen molar-refractivity contribution in [3.8, 4) is 0 Å². The van der Waals surface area contributed by atoms with Crippen LogP contribution >= 0.6 is 0 Å². The summed E-state index contributed by atoms with van der Waals surface area (Å²) in [5.74, 6) is -1.22. The molecular weight excluding hydrogens is 256 g/mol. The van der Waals surface area contributed by atoms with Gasteiger partial charge in [0.25, 0.3) is 0 Å². The van der Waals surface area contributed by atoms with Gasteiger partial charge in [-0.1, -0.05) is 37.3 Å². The number of nitrogens with one attached hydrogen (secondary N) is 2. The van der Waals surface area contributed by atoms with Crippen LogP contribution in [0.5, 0.6) is 0 Å². The Morgan fingerprint density at radius 3 is 2.40 bits per heavy atom. The molecule has 0 saturated carbocycles. The van der Waals surface area contributed by atoms with E-state index in [9.17, 15) is 14.7 Å². The van der Waals surface area contributed by atoms with Gasteiger partial charge in [-0.3, -0.25) is 4.79 Å². The van der Waals surface area contributed by atoms with Gasteiger partial charge in [0.1, 0.15) is 0 Å². The molecule has 0 bridgehead atoms. The van der Waals surface area contributed by atoms with Crippen molar-refractivity contribution in [2.24, 2.45) is 5.41 Å². The Morgan fingerprint density at radius 2 is 1.85 bits per heavy atom. The highest BCUT2D eigenvalue weighted by molar-refractivity contribution is 5.88. The maximum Gasteiger partial charge on any atom is 0.330 e. The summed E-state index contributed by atoms with van der Waals surface area (Å²) in [5, 5.41) is 15.2. The zero-order valence-electron chi connectivity index (χ0n) is 11.6. The number of carbonyl (C=O) groups is 2. The zero-order chi connectivity index (χ0) is 14.6. The van der Waals surface area contributed by atoms with Crippen molar-refractivity contribution in [1.29, 1.82) is 0 Å². The summed E-state index contributed by atoms with van der Waals surface area (Å²) in [6.45, 7) is 3.47. The molecule has 1 aliphatic heterocycles. The Morgan fingerprint density at radius 1 is 1.25 bits per heavy atom. The second-order valence-electron chi connectivity index (χ2n) is 5.47. The maximum absolute atomic E-state index is 12.4. The first kappa shape index (κ1) is 14.5. The van der Waals surface area contributed by atoms with E-state index in [2.05, 4.69) is 10.6 Å². The van der Waals surface area contributed by atoms with Crippen molar-refractivity contribution in [2.45, 2.75) is 25.8 Å². The Hall–Kier alpha value is -1.88. The van der Waals surface area contributed by atoms with Crippen molar-refractivity contribution in [3.63, 3.8) is 0 Å². The molecule has 108 valence electrons. The van der Waals surface area contributed by atoms with E-state index < -0.39 is 17.4 Å². The van der Waals surface area contributed by atoms with Crippen LogP contribution in [0.15, 0.2) is 30.3 Å². The average molecular weight is 276 g/mol. The molecule has 1 saturated heterocycles. The van der Waals surface area contributed by atoms with E-state index in [0.717, 1.165) is 25.9 Å². The molecule has 0 spiro atoms. The number of hydrogen-bond acceptors (Lipinski definition) is 3. The average Bonchev–Trinajstić information content (AvgIpc) is 2.45. The lowest BCUT2D eigenvalue weighted by molar-refractivity contribution is -0.144. The topological polar surface area (TPSA) is 78.4 Å². The lowest BCUT2D eigenvalue weighted by Crippen LogP contribution is -2.48. The molecule has 2 rings (SSSR count). The van der Waals surface area contributed by atoms with Gasteiger partial charge in [0.15, 0.2) is 6.04 Å². The number of carboxylic acid groups (broad SMARTS) is 1. The highest BCUT2D eigenvalue weighted by Gasteiger charge is 2.36. The lowest BCUT2D eigenvalue weighted by atomic mass is 9.80. The van der Waals surface area contributed by atoms with Crippen molar-refractivity contribution in [3.05, 3.63) is 35.9 Å². The minimum absolute atomic E-state index is 0.185. The van der Waals surface area contributed by atoms with Gasteiger partial charge >= 0.3 is 5.97 Å². The fraction of sp³-hybridized carbons (Fsp3) is 0.467. The van der Waals surface area contributed by atoms with Gasteiger partial charge in [0.2, 0.25) is 5.91 Å². The summed E-state index contributed by atoms with van der Waals surface area (Å²) in [7, 11) is 0. The Labute approximate surface area is 118 Å². The molecule has 1 amide bonds. The van der Waals surface area contributed by atoms with Crippen molar-refractivity contribution in [1.82, 2.24) is 10.6 Å². The van der Waals surface area contributed by atoms with Gasteiger partial charge in [-0.05, 0) is 31.5 Å². The van der Waals surface area contributed by atoms with Crippen LogP contribution in [0.25, 0.3) is 0 Å². The second-order valence-corrected chi connectivity index (χ2v) is 5.47. The number of piperidine rings is 1. The summed E-state index contributed by atoms with van der Waals surface area (Å²) in [5.41, 5.74) is 0.0965. The normalized spacial score (nSPS) is 19.1. The molecule has 3 N–H and O–H groups in total. The molecule has 1 heterocycles. The first-order valence-corrected chi connectivity index (χ1v) is 6.82.